The molecule has 9 heteroatoms. The highest BCUT2D eigenvalue weighted by Crippen LogP contribution is 2.29. The van der Waals surface area contributed by atoms with Crippen molar-refractivity contribution in [1.29, 1.82) is 0 Å². The van der Waals surface area contributed by atoms with Crippen LogP contribution in [0.4, 0.5) is 5.69 Å². The molecule has 0 fully saturated rings. The summed E-state index contributed by atoms with van der Waals surface area (Å²) in [6.07, 6.45) is 2.85. The molecule has 36 heavy (non-hydrogen) atoms. The molecular weight excluding hydrogens is 478 g/mol. The highest BCUT2D eigenvalue weighted by atomic mass is 32.2. The monoisotopic (exact) mass is 517 g/mol. The number of carbonyl (C=O) groups excluding carboxylic acids is 2. The van der Waals surface area contributed by atoms with Crippen LogP contribution in [0.3, 0.4) is 0 Å². The Balaban J connectivity index is 2.41. The standard InChI is InChI=1S/C27H39N3O5S/c1-7-8-17-28-27(32)21(4)29(18-22-13-15-23(35-5)16-14-22)26(31)19-30(36(6,33)34)25-12-10-9-11-24(25)20(2)3/h9-16,20-21H,7-8,17-19H2,1-6H3,(H,28,32)/t21-/m1/s1. The molecule has 0 spiro atoms. The molecule has 0 radical (unpaired) electrons. The van der Waals surface area contributed by atoms with E-state index in [1.807, 2.05) is 45.0 Å². The third-order valence-electron chi connectivity index (χ3n) is 6.02. The Kier molecular flexibility index (Phi) is 10.8. The van der Waals surface area contributed by atoms with Crippen molar-refractivity contribution >= 4 is 27.5 Å². The van der Waals surface area contributed by atoms with Gasteiger partial charge in [-0.25, -0.2) is 8.42 Å². The average molecular weight is 518 g/mol. The van der Waals surface area contributed by atoms with Gasteiger partial charge in [0.25, 0.3) is 0 Å². The summed E-state index contributed by atoms with van der Waals surface area (Å²) in [5, 5.41) is 2.88. The van der Waals surface area contributed by atoms with Gasteiger partial charge in [0.15, 0.2) is 0 Å². The zero-order chi connectivity index (χ0) is 26.9. The van der Waals surface area contributed by atoms with Crippen molar-refractivity contribution in [3.05, 3.63) is 59.7 Å². The highest BCUT2D eigenvalue weighted by molar-refractivity contribution is 7.92. The molecule has 0 aliphatic heterocycles. The number of anilines is 1. The predicted octanol–water partition coefficient (Wildman–Crippen LogP) is 3.92. The minimum Gasteiger partial charge on any atom is -0.497 e. The minimum absolute atomic E-state index is 0.0548. The van der Waals surface area contributed by atoms with Crippen LogP contribution in [0.5, 0.6) is 5.75 Å². The average Bonchev–Trinajstić information content (AvgIpc) is 2.85. The SMILES string of the molecule is CCCCNC(=O)[C@@H](C)N(Cc1ccc(OC)cc1)C(=O)CN(c1ccccc1C(C)C)S(C)(=O)=O. The normalized spacial score (nSPS) is 12.2. The molecule has 2 aromatic carbocycles. The van der Waals surface area contributed by atoms with Gasteiger partial charge in [-0.15, -0.1) is 0 Å². The first kappa shape index (κ1) is 29.2. The van der Waals surface area contributed by atoms with Crippen molar-refractivity contribution in [3.63, 3.8) is 0 Å². The number of unbranched alkanes of at least 4 members (excludes halogenated alkanes) is 1. The molecule has 0 saturated carbocycles. The first-order chi connectivity index (χ1) is 17.0. The van der Waals surface area contributed by atoms with Crippen LogP contribution in [0, 0.1) is 0 Å². The zero-order valence-corrected chi connectivity index (χ0v) is 23.0. The molecule has 2 aromatic rings. The van der Waals surface area contributed by atoms with Crippen LogP contribution < -0.4 is 14.4 Å². The molecule has 0 aromatic heterocycles. The Hall–Kier alpha value is -3.07. The summed E-state index contributed by atoms with van der Waals surface area (Å²) in [7, 11) is -2.21. The van der Waals surface area contributed by atoms with E-state index in [9.17, 15) is 18.0 Å². The number of amides is 2. The lowest BCUT2D eigenvalue weighted by Gasteiger charge is -2.32. The fraction of sp³-hybridized carbons (Fsp3) is 0.481. The van der Waals surface area contributed by atoms with Gasteiger partial charge in [0.2, 0.25) is 21.8 Å². The fourth-order valence-electron chi connectivity index (χ4n) is 3.84. The van der Waals surface area contributed by atoms with E-state index < -0.39 is 28.5 Å². The summed E-state index contributed by atoms with van der Waals surface area (Å²) < 4.78 is 32.0. The van der Waals surface area contributed by atoms with Crippen molar-refractivity contribution < 1.29 is 22.7 Å². The number of nitrogens with zero attached hydrogens (tertiary/aromatic N) is 2. The van der Waals surface area contributed by atoms with E-state index in [0.717, 1.165) is 34.5 Å². The first-order valence-corrected chi connectivity index (χ1v) is 14.1. The molecule has 0 unspecified atom stereocenters. The quantitative estimate of drug-likeness (QED) is 0.406. The van der Waals surface area contributed by atoms with Crippen molar-refractivity contribution in [1.82, 2.24) is 10.2 Å². The van der Waals surface area contributed by atoms with E-state index in [2.05, 4.69) is 5.32 Å². The number of nitrogens with one attached hydrogen (secondary N) is 1. The molecule has 198 valence electrons. The number of methoxy groups -OCH3 is 1. The lowest BCUT2D eigenvalue weighted by molar-refractivity contribution is -0.139. The van der Waals surface area contributed by atoms with Crippen molar-refractivity contribution in [2.24, 2.45) is 0 Å². The van der Waals surface area contributed by atoms with E-state index in [0.29, 0.717) is 18.0 Å². The predicted molar refractivity (Wildman–Crippen MR) is 144 cm³/mol. The first-order valence-electron chi connectivity index (χ1n) is 12.3. The third-order valence-corrected chi connectivity index (χ3v) is 7.14. The second kappa shape index (κ2) is 13.3. The molecule has 1 atom stereocenters. The van der Waals surface area contributed by atoms with Crippen molar-refractivity contribution in [3.8, 4) is 5.75 Å². The van der Waals surface area contributed by atoms with Crippen molar-refractivity contribution in [2.45, 2.75) is 59.0 Å². The Morgan fingerprint density at radius 1 is 1.03 bits per heavy atom. The van der Waals surface area contributed by atoms with E-state index >= 15 is 0 Å². The molecular formula is C27H39N3O5S. The zero-order valence-electron chi connectivity index (χ0n) is 22.2. The van der Waals surface area contributed by atoms with E-state index in [-0.39, 0.29) is 18.4 Å². The molecule has 0 aliphatic carbocycles. The van der Waals surface area contributed by atoms with Gasteiger partial charge in [-0.3, -0.25) is 13.9 Å². The molecule has 2 amide bonds. The van der Waals surface area contributed by atoms with Gasteiger partial charge in [-0.2, -0.15) is 0 Å². The maximum atomic E-state index is 13.7. The van der Waals surface area contributed by atoms with Gasteiger partial charge in [-0.05, 0) is 48.6 Å². The van der Waals surface area contributed by atoms with Crippen LogP contribution in [-0.4, -0.2) is 57.6 Å². The smallest absolute Gasteiger partial charge is 0.244 e. The number of benzene rings is 2. The summed E-state index contributed by atoms with van der Waals surface area (Å²) in [6, 6.07) is 13.6. The molecule has 0 aliphatic rings. The summed E-state index contributed by atoms with van der Waals surface area (Å²) in [5.74, 6) is -0.0125. The second-order valence-electron chi connectivity index (χ2n) is 9.17. The molecule has 0 bridgehead atoms. The summed E-state index contributed by atoms with van der Waals surface area (Å²) in [5.41, 5.74) is 2.08. The third kappa shape index (κ3) is 7.98. The van der Waals surface area contributed by atoms with E-state index in [1.165, 1.54) is 4.90 Å². The number of sulfonamides is 1. The maximum Gasteiger partial charge on any atom is 0.244 e. The number of para-hydroxylation sites is 1. The van der Waals surface area contributed by atoms with Crippen LogP contribution in [-0.2, 0) is 26.2 Å². The van der Waals surface area contributed by atoms with Gasteiger partial charge < -0.3 is 15.0 Å². The highest BCUT2D eigenvalue weighted by Gasteiger charge is 2.31. The fourth-order valence-corrected chi connectivity index (χ4v) is 4.71. The molecule has 0 heterocycles. The van der Waals surface area contributed by atoms with Crippen molar-refractivity contribution in [2.75, 3.05) is 30.8 Å². The lowest BCUT2D eigenvalue weighted by Crippen LogP contribution is -2.51. The minimum atomic E-state index is -3.78. The molecule has 8 nitrogen and oxygen atoms in total. The Morgan fingerprint density at radius 2 is 1.67 bits per heavy atom. The van der Waals surface area contributed by atoms with Gasteiger partial charge in [0.1, 0.15) is 18.3 Å². The van der Waals surface area contributed by atoms with Gasteiger partial charge in [-0.1, -0.05) is 57.5 Å². The Labute approximate surface area is 215 Å². The Morgan fingerprint density at radius 3 is 2.22 bits per heavy atom. The summed E-state index contributed by atoms with van der Waals surface area (Å²) >= 11 is 0. The van der Waals surface area contributed by atoms with Crippen LogP contribution >= 0.6 is 0 Å². The van der Waals surface area contributed by atoms with Crippen LogP contribution in [0.2, 0.25) is 0 Å². The maximum absolute atomic E-state index is 13.7. The van der Waals surface area contributed by atoms with Gasteiger partial charge >= 0.3 is 0 Å². The van der Waals surface area contributed by atoms with Crippen LogP contribution in [0.1, 0.15) is 57.6 Å². The number of ether oxygens (including phenoxy) is 1. The number of hydrogen-bond acceptors (Lipinski definition) is 5. The van der Waals surface area contributed by atoms with Crippen LogP contribution in [0.15, 0.2) is 48.5 Å². The lowest BCUT2D eigenvalue weighted by atomic mass is 10.0. The Bertz CT molecular complexity index is 1120. The molecule has 1 N–H and O–H groups in total. The second-order valence-corrected chi connectivity index (χ2v) is 11.1. The van der Waals surface area contributed by atoms with E-state index in [4.69, 9.17) is 4.74 Å². The number of carbonyl (C=O) groups is 2. The molecule has 2 rings (SSSR count). The van der Waals surface area contributed by atoms with Gasteiger partial charge in [0, 0.05) is 13.1 Å². The topological polar surface area (TPSA) is 96.0 Å². The number of rotatable bonds is 13. The largest absolute Gasteiger partial charge is 0.497 e. The molecule has 0 saturated heterocycles. The number of hydrogen-bond donors (Lipinski definition) is 1. The van der Waals surface area contributed by atoms with E-state index in [1.54, 1.807) is 38.3 Å². The van der Waals surface area contributed by atoms with Gasteiger partial charge in [0.05, 0.1) is 19.1 Å². The summed E-state index contributed by atoms with van der Waals surface area (Å²) in [4.78, 5) is 28.0. The summed E-state index contributed by atoms with van der Waals surface area (Å²) in [6.45, 7) is 7.89. The van der Waals surface area contributed by atoms with Crippen LogP contribution in [0.25, 0.3) is 0 Å².